The molecule has 1 aromatic heterocycles. The molecule has 8 heteroatoms. The van der Waals surface area contributed by atoms with Gasteiger partial charge in [-0.05, 0) is 73.4 Å². The summed E-state index contributed by atoms with van der Waals surface area (Å²) in [5.41, 5.74) is 1.73. The molecular weight excluding hydrogens is 480 g/mol. The second kappa shape index (κ2) is 9.74. The molecule has 1 amide bonds. The van der Waals surface area contributed by atoms with Crippen molar-refractivity contribution in [3.05, 3.63) is 82.8 Å². The molecule has 36 heavy (non-hydrogen) atoms. The summed E-state index contributed by atoms with van der Waals surface area (Å²) in [6.07, 6.45) is 3.75. The molecule has 2 fully saturated rings. The number of benzene rings is 2. The van der Waals surface area contributed by atoms with Gasteiger partial charge in [0, 0.05) is 29.5 Å². The van der Waals surface area contributed by atoms with Crippen molar-refractivity contribution in [2.45, 2.75) is 25.8 Å². The average Bonchev–Trinajstić information content (AvgIpc) is 3.51. The lowest BCUT2D eigenvalue weighted by Crippen LogP contribution is -2.33. The second-order valence-electron chi connectivity index (χ2n) is 9.22. The number of furan rings is 1. The number of aliphatic hydroxyl groups is 1. The van der Waals surface area contributed by atoms with Crippen LogP contribution in [0.1, 0.15) is 37.1 Å². The topological polar surface area (TPSA) is 83.2 Å². The van der Waals surface area contributed by atoms with Crippen LogP contribution in [0.25, 0.3) is 5.76 Å². The van der Waals surface area contributed by atoms with Crippen molar-refractivity contribution in [3.63, 3.8) is 0 Å². The Kier molecular flexibility index (Phi) is 6.49. The van der Waals surface area contributed by atoms with Gasteiger partial charge >= 0.3 is 0 Å². The largest absolute Gasteiger partial charge is 0.507 e. The number of ether oxygens (including phenoxy) is 1. The van der Waals surface area contributed by atoms with Gasteiger partial charge in [-0.3, -0.25) is 14.5 Å². The minimum absolute atomic E-state index is 0.0930. The molecule has 7 nitrogen and oxygen atoms in total. The number of piperidine rings is 1. The highest BCUT2D eigenvalue weighted by Crippen LogP contribution is 2.44. The van der Waals surface area contributed by atoms with Crippen LogP contribution >= 0.6 is 11.6 Å². The number of hydrogen-bond acceptors (Lipinski definition) is 6. The van der Waals surface area contributed by atoms with E-state index in [1.54, 1.807) is 24.3 Å². The van der Waals surface area contributed by atoms with Crippen molar-refractivity contribution >= 4 is 40.4 Å². The number of methoxy groups -OCH3 is 1. The third-order valence-corrected chi connectivity index (χ3v) is 7.19. The van der Waals surface area contributed by atoms with Crippen molar-refractivity contribution in [1.82, 2.24) is 0 Å². The third-order valence-electron chi connectivity index (χ3n) is 6.95. The Hall–Kier alpha value is -3.71. The van der Waals surface area contributed by atoms with Crippen molar-refractivity contribution in [2.75, 3.05) is 30.0 Å². The van der Waals surface area contributed by atoms with Gasteiger partial charge in [-0.15, -0.1) is 0 Å². The quantitative estimate of drug-likeness (QED) is 0.267. The molecule has 0 aliphatic carbocycles. The fourth-order valence-corrected chi connectivity index (χ4v) is 5.09. The van der Waals surface area contributed by atoms with Crippen LogP contribution in [0.5, 0.6) is 5.75 Å². The molecule has 1 unspecified atom stereocenters. The van der Waals surface area contributed by atoms with E-state index in [0.717, 1.165) is 37.5 Å². The standard InChI is InChI=1S/C28H27ClN2O5/c1-17-11-13-30(14-12-17)19-6-8-20(9-7-19)31-25(23-4-3-15-36-23)24(27(33)28(31)34)26(32)21-16-18(29)5-10-22(21)35-2/h3-10,15-17,25,32H,11-14H2,1-2H3/b26-24-. The molecule has 0 bridgehead atoms. The molecule has 0 radical (unpaired) electrons. The number of carbonyl (C=O) groups excluding carboxylic acids is 2. The predicted octanol–water partition coefficient (Wildman–Crippen LogP) is 5.80. The smallest absolute Gasteiger partial charge is 0.300 e. The maximum absolute atomic E-state index is 13.3. The monoisotopic (exact) mass is 506 g/mol. The van der Waals surface area contributed by atoms with Crippen molar-refractivity contribution in [1.29, 1.82) is 0 Å². The predicted molar refractivity (Wildman–Crippen MR) is 139 cm³/mol. The third kappa shape index (κ3) is 4.24. The van der Waals surface area contributed by atoms with E-state index in [4.69, 9.17) is 20.8 Å². The molecule has 3 heterocycles. The van der Waals surface area contributed by atoms with Gasteiger partial charge in [0.05, 0.1) is 24.5 Å². The first-order chi connectivity index (χ1) is 17.4. The minimum atomic E-state index is -0.953. The average molecular weight is 507 g/mol. The lowest BCUT2D eigenvalue weighted by molar-refractivity contribution is -0.132. The van der Waals surface area contributed by atoms with E-state index in [-0.39, 0.29) is 16.9 Å². The van der Waals surface area contributed by atoms with E-state index in [1.807, 2.05) is 24.3 Å². The first-order valence-corrected chi connectivity index (χ1v) is 12.3. The number of carbonyl (C=O) groups is 2. The Morgan fingerprint density at radius 1 is 1.06 bits per heavy atom. The number of halogens is 1. The highest BCUT2D eigenvalue weighted by atomic mass is 35.5. The second-order valence-corrected chi connectivity index (χ2v) is 9.65. The fraction of sp³-hybridized carbons (Fsp3) is 0.286. The Labute approximate surface area is 214 Å². The summed E-state index contributed by atoms with van der Waals surface area (Å²) >= 11 is 6.16. The molecular formula is C28H27ClN2O5. The summed E-state index contributed by atoms with van der Waals surface area (Å²) < 4.78 is 11.0. The molecule has 1 atom stereocenters. The van der Waals surface area contributed by atoms with Crippen LogP contribution in [0.15, 0.2) is 70.9 Å². The summed E-state index contributed by atoms with van der Waals surface area (Å²) in [5, 5.41) is 11.7. The number of hydrogen-bond donors (Lipinski definition) is 1. The van der Waals surface area contributed by atoms with Crippen LogP contribution in [0, 0.1) is 5.92 Å². The molecule has 5 rings (SSSR count). The number of rotatable bonds is 5. The van der Waals surface area contributed by atoms with Gasteiger partial charge in [0.2, 0.25) is 0 Å². The zero-order chi connectivity index (χ0) is 25.4. The van der Waals surface area contributed by atoms with Crippen molar-refractivity contribution in [3.8, 4) is 5.75 Å². The van der Waals surface area contributed by atoms with E-state index in [0.29, 0.717) is 22.2 Å². The summed E-state index contributed by atoms with van der Waals surface area (Å²) in [6.45, 7) is 4.24. The maximum atomic E-state index is 13.3. The van der Waals surface area contributed by atoms with E-state index in [2.05, 4.69) is 11.8 Å². The normalized spacial score (nSPS) is 20.2. The van der Waals surface area contributed by atoms with Crippen molar-refractivity contribution < 1.29 is 23.8 Å². The Bertz CT molecular complexity index is 1310. The Morgan fingerprint density at radius 3 is 2.39 bits per heavy atom. The van der Waals surface area contributed by atoms with Crippen LogP contribution in [0.3, 0.4) is 0 Å². The fourth-order valence-electron chi connectivity index (χ4n) is 4.92. The van der Waals surface area contributed by atoms with Gasteiger partial charge in [-0.1, -0.05) is 18.5 Å². The molecule has 3 aromatic rings. The first-order valence-electron chi connectivity index (χ1n) is 11.9. The summed E-state index contributed by atoms with van der Waals surface area (Å²) in [6, 6.07) is 14.7. The van der Waals surface area contributed by atoms with E-state index < -0.39 is 17.7 Å². The molecule has 186 valence electrons. The maximum Gasteiger partial charge on any atom is 0.300 e. The van der Waals surface area contributed by atoms with Gasteiger partial charge in [-0.2, -0.15) is 0 Å². The number of nitrogens with zero attached hydrogens (tertiary/aromatic N) is 2. The van der Waals surface area contributed by atoms with E-state index in [9.17, 15) is 14.7 Å². The number of anilines is 2. The van der Waals surface area contributed by atoms with E-state index in [1.165, 1.54) is 24.3 Å². The summed E-state index contributed by atoms with van der Waals surface area (Å²) in [4.78, 5) is 30.3. The number of Topliss-reactive ketones (excluding diaryl/α,β-unsaturated/α-hetero) is 1. The summed E-state index contributed by atoms with van der Waals surface area (Å²) in [7, 11) is 1.45. The van der Waals surface area contributed by atoms with Crippen LogP contribution < -0.4 is 14.5 Å². The summed E-state index contributed by atoms with van der Waals surface area (Å²) in [5.74, 6) is -0.551. The lowest BCUT2D eigenvalue weighted by Gasteiger charge is -2.32. The highest BCUT2D eigenvalue weighted by Gasteiger charge is 2.48. The molecule has 0 spiro atoms. The van der Waals surface area contributed by atoms with Gasteiger partial charge in [0.25, 0.3) is 11.7 Å². The van der Waals surface area contributed by atoms with Crippen LogP contribution in [-0.2, 0) is 9.59 Å². The van der Waals surface area contributed by atoms with Crippen LogP contribution in [-0.4, -0.2) is 37.0 Å². The SMILES string of the molecule is COc1ccc(Cl)cc1/C(O)=C1/C(=O)C(=O)N(c2ccc(N3CCC(C)CC3)cc2)C1c1ccco1. The van der Waals surface area contributed by atoms with Crippen LogP contribution in [0.4, 0.5) is 11.4 Å². The highest BCUT2D eigenvalue weighted by molar-refractivity contribution is 6.51. The Morgan fingerprint density at radius 2 is 1.75 bits per heavy atom. The molecule has 2 aliphatic heterocycles. The lowest BCUT2D eigenvalue weighted by atomic mass is 9.98. The van der Waals surface area contributed by atoms with Crippen molar-refractivity contribution in [2.24, 2.45) is 5.92 Å². The first kappa shape index (κ1) is 24.0. The molecule has 1 N–H and O–H groups in total. The number of amides is 1. The molecule has 0 saturated carbocycles. The van der Waals surface area contributed by atoms with Crippen LogP contribution in [0.2, 0.25) is 5.02 Å². The molecule has 2 aliphatic rings. The minimum Gasteiger partial charge on any atom is -0.507 e. The van der Waals surface area contributed by atoms with E-state index >= 15 is 0 Å². The van der Waals surface area contributed by atoms with Gasteiger partial charge in [-0.25, -0.2) is 0 Å². The molecule has 2 saturated heterocycles. The number of ketones is 1. The molecule has 2 aromatic carbocycles. The van der Waals surface area contributed by atoms with Gasteiger partial charge < -0.3 is 19.2 Å². The zero-order valence-electron chi connectivity index (χ0n) is 20.1. The Balaban J connectivity index is 1.58. The van der Waals surface area contributed by atoms with Gasteiger partial charge in [0.1, 0.15) is 23.3 Å². The van der Waals surface area contributed by atoms with Gasteiger partial charge in [0.15, 0.2) is 0 Å². The zero-order valence-corrected chi connectivity index (χ0v) is 20.9. The number of aliphatic hydroxyl groups excluding tert-OH is 1.